The van der Waals surface area contributed by atoms with E-state index in [0.29, 0.717) is 29.0 Å². The number of aryl methyl sites for hydroxylation is 1. The summed E-state index contributed by atoms with van der Waals surface area (Å²) in [5.74, 6) is 1.30. The Labute approximate surface area is 144 Å². The monoisotopic (exact) mass is 348 g/mol. The summed E-state index contributed by atoms with van der Waals surface area (Å²) in [6.07, 6.45) is 4.31. The number of methoxy groups -OCH3 is 1. The molecule has 0 aliphatic heterocycles. The van der Waals surface area contributed by atoms with Crippen LogP contribution in [0.1, 0.15) is 24.6 Å². The molecule has 8 heteroatoms. The van der Waals surface area contributed by atoms with Crippen LogP contribution in [0.2, 0.25) is 0 Å². The minimum absolute atomic E-state index is 0.291. The van der Waals surface area contributed by atoms with E-state index >= 15 is 0 Å². The second kappa shape index (κ2) is 8.49. The van der Waals surface area contributed by atoms with Gasteiger partial charge in [0.1, 0.15) is 5.69 Å². The predicted molar refractivity (Wildman–Crippen MR) is 94.6 cm³/mol. The van der Waals surface area contributed by atoms with Crippen LogP contribution in [0.25, 0.3) is 0 Å². The summed E-state index contributed by atoms with van der Waals surface area (Å²) in [5, 5.41) is 12.4. The Hall–Kier alpha value is -2.35. The Morgan fingerprint density at radius 3 is 2.79 bits per heavy atom. The van der Waals surface area contributed by atoms with E-state index in [1.165, 1.54) is 16.4 Å². The average molecular weight is 348 g/mol. The third-order valence-electron chi connectivity index (χ3n) is 3.12. The maximum absolute atomic E-state index is 12.2. The van der Waals surface area contributed by atoms with Gasteiger partial charge in [0, 0.05) is 0 Å². The van der Waals surface area contributed by atoms with Gasteiger partial charge in [0.15, 0.2) is 11.5 Å². The third kappa shape index (κ3) is 4.14. The van der Waals surface area contributed by atoms with Gasteiger partial charge in [-0.2, -0.15) is 9.78 Å². The number of nitrogens with zero attached hydrogens (tertiary/aromatic N) is 4. The molecule has 0 fully saturated rings. The van der Waals surface area contributed by atoms with E-state index in [9.17, 15) is 4.79 Å². The minimum atomic E-state index is -0.291. The molecule has 0 radical (unpaired) electrons. The highest BCUT2D eigenvalue weighted by Gasteiger charge is 2.08. The molecule has 0 aliphatic rings. The van der Waals surface area contributed by atoms with Crippen LogP contribution in [-0.2, 0) is 0 Å². The summed E-state index contributed by atoms with van der Waals surface area (Å²) < 4.78 is 12.2. The summed E-state index contributed by atoms with van der Waals surface area (Å²) in [7, 11) is 1.58. The molecule has 2 aromatic rings. The molecule has 7 nitrogen and oxygen atoms in total. The molecular formula is C16H20N4O3S. The van der Waals surface area contributed by atoms with Crippen LogP contribution in [0.15, 0.2) is 33.3 Å². The zero-order valence-electron chi connectivity index (χ0n) is 14.1. The Kier molecular flexibility index (Phi) is 6.36. The fourth-order valence-electron chi connectivity index (χ4n) is 1.89. The average Bonchev–Trinajstić information content (AvgIpc) is 2.61. The molecule has 0 atom stereocenters. The molecule has 0 bridgehead atoms. The maximum atomic E-state index is 12.2. The Balaban J connectivity index is 2.33. The summed E-state index contributed by atoms with van der Waals surface area (Å²) in [6, 6.07) is 5.48. The number of hydrogen-bond donors (Lipinski definition) is 0. The fraction of sp³-hybridized carbons (Fsp3) is 0.375. The fourth-order valence-corrected chi connectivity index (χ4v) is 2.32. The second-order valence-corrected chi connectivity index (χ2v) is 5.67. The van der Waals surface area contributed by atoms with Gasteiger partial charge < -0.3 is 9.47 Å². The molecule has 0 N–H and O–H groups in total. The maximum Gasteiger partial charge on any atom is 0.296 e. The van der Waals surface area contributed by atoms with Crippen molar-refractivity contribution in [2.45, 2.75) is 25.4 Å². The lowest BCUT2D eigenvalue weighted by Crippen LogP contribution is -2.23. The van der Waals surface area contributed by atoms with Crippen molar-refractivity contribution in [1.29, 1.82) is 0 Å². The highest BCUT2D eigenvalue weighted by molar-refractivity contribution is 7.98. The number of aromatic nitrogens is 3. The minimum Gasteiger partial charge on any atom is -0.493 e. The normalized spacial score (nSPS) is 11.0. The van der Waals surface area contributed by atoms with Crippen molar-refractivity contribution < 1.29 is 9.47 Å². The van der Waals surface area contributed by atoms with Crippen molar-refractivity contribution in [3.8, 4) is 11.5 Å². The lowest BCUT2D eigenvalue weighted by Gasteiger charge is -2.10. The summed E-state index contributed by atoms with van der Waals surface area (Å²) in [6.45, 7) is 4.27. The Morgan fingerprint density at radius 1 is 1.33 bits per heavy atom. The van der Waals surface area contributed by atoms with Gasteiger partial charge in [0.05, 0.1) is 19.9 Å². The molecule has 0 spiro atoms. The van der Waals surface area contributed by atoms with Gasteiger partial charge in [-0.25, -0.2) is 0 Å². The van der Waals surface area contributed by atoms with Crippen LogP contribution < -0.4 is 15.0 Å². The number of rotatable bonds is 7. The van der Waals surface area contributed by atoms with Crippen LogP contribution in [0.4, 0.5) is 0 Å². The molecule has 0 amide bonds. The molecular weight excluding hydrogens is 328 g/mol. The van der Waals surface area contributed by atoms with Crippen LogP contribution in [0.3, 0.4) is 0 Å². The SMILES string of the molecule is CCCOc1ccc(/C=N\n2c(SC)nnc(C)c2=O)cc1OC. The summed E-state index contributed by atoms with van der Waals surface area (Å²) >= 11 is 1.30. The molecule has 0 aliphatic carbocycles. The predicted octanol–water partition coefficient (Wildman–Crippen LogP) is 2.35. The van der Waals surface area contributed by atoms with Crippen LogP contribution >= 0.6 is 11.8 Å². The number of thioether (sulfide) groups is 1. The van der Waals surface area contributed by atoms with Crippen molar-refractivity contribution in [3.63, 3.8) is 0 Å². The van der Waals surface area contributed by atoms with Gasteiger partial charge >= 0.3 is 0 Å². The second-order valence-electron chi connectivity index (χ2n) is 4.89. The quantitative estimate of drug-likeness (QED) is 0.564. The van der Waals surface area contributed by atoms with Crippen molar-refractivity contribution in [2.24, 2.45) is 5.10 Å². The van der Waals surface area contributed by atoms with Crippen molar-refractivity contribution in [1.82, 2.24) is 14.9 Å². The first-order chi connectivity index (χ1) is 11.6. The molecule has 1 heterocycles. The first-order valence-corrected chi connectivity index (χ1v) is 8.68. The van der Waals surface area contributed by atoms with Crippen LogP contribution in [0, 0.1) is 6.92 Å². The molecule has 24 heavy (non-hydrogen) atoms. The van der Waals surface area contributed by atoms with E-state index in [0.717, 1.165) is 12.0 Å². The van der Waals surface area contributed by atoms with E-state index in [4.69, 9.17) is 9.47 Å². The van der Waals surface area contributed by atoms with Crippen molar-refractivity contribution in [2.75, 3.05) is 20.0 Å². The largest absolute Gasteiger partial charge is 0.493 e. The van der Waals surface area contributed by atoms with E-state index in [-0.39, 0.29) is 5.56 Å². The molecule has 1 aromatic carbocycles. The Bertz CT molecular complexity index is 789. The lowest BCUT2D eigenvalue weighted by molar-refractivity contribution is 0.294. The third-order valence-corrected chi connectivity index (χ3v) is 3.74. The highest BCUT2D eigenvalue weighted by atomic mass is 32.2. The number of hydrogen-bond acceptors (Lipinski definition) is 7. The van der Waals surface area contributed by atoms with Gasteiger partial charge in [0.2, 0.25) is 5.16 Å². The standard InChI is InChI=1S/C16H20N4O3S/c1-5-8-23-13-7-6-12(9-14(13)22-3)10-17-20-15(21)11(2)18-19-16(20)24-4/h6-7,9-10H,5,8H2,1-4H3/b17-10-. The number of benzene rings is 1. The first-order valence-electron chi connectivity index (χ1n) is 7.46. The molecule has 128 valence electrons. The highest BCUT2D eigenvalue weighted by Crippen LogP contribution is 2.27. The molecule has 0 saturated carbocycles. The zero-order chi connectivity index (χ0) is 17.5. The van der Waals surface area contributed by atoms with Crippen LogP contribution in [-0.4, -0.2) is 41.1 Å². The molecule has 2 rings (SSSR count). The summed E-state index contributed by atoms with van der Waals surface area (Å²) in [4.78, 5) is 12.2. The van der Waals surface area contributed by atoms with Gasteiger partial charge in [-0.1, -0.05) is 18.7 Å². The smallest absolute Gasteiger partial charge is 0.296 e. The van der Waals surface area contributed by atoms with Crippen LogP contribution in [0.5, 0.6) is 11.5 Å². The zero-order valence-corrected chi connectivity index (χ0v) is 15.0. The van der Waals surface area contributed by atoms with Crippen molar-refractivity contribution in [3.05, 3.63) is 39.8 Å². The van der Waals surface area contributed by atoms with Gasteiger partial charge in [0.25, 0.3) is 5.56 Å². The van der Waals surface area contributed by atoms with Crippen molar-refractivity contribution >= 4 is 18.0 Å². The van der Waals surface area contributed by atoms with Gasteiger partial charge in [-0.05, 0) is 43.4 Å². The van der Waals surface area contributed by atoms with Gasteiger partial charge in [-0.3, -0.25) is 4.79 Å². The molecule has 0 unspecified atom stereocenters. The van der Waals surface area contributed by atoms with E-state index in [1.807, 2.05) is 25.3 Å². The number of ether oxygens (including phenoxy) is 2. The summed E-state index contributed by atoms with van der Waals surface area (Å²) in [5.41, 5.74) is 0.787. The van der Waals surface area contributed by atoms with E-state index in [2.05, 4.69) is 15.3 Å². The van der Waals surface area contributed by atoms with Gasteiger partial charge in [-0.15, -0.1) is 10.2 Å². The molecule has 0 saturated heterocycles. The van der Waals surface area contributed by atoms with E-state index < -0.39 is 0 Å². The van der Waals surface area contributed by atoms with E-state index in [1.54, 1.807) is 26.3 Å². The Morgan fingerprint density at radius 2 is 2.12 bits per heavy atom. The topological polar surface area (TPSA) is 78.6 Å². The first kappa shape index (κ1) is 18.0. The molecule has 1 aromatic heterocycles. The lowest BCUT2D eigenvalue weighted by atomic mass is 10.2.